The average Bonchev–Trinajstić information content (AvgIpc) is 2.82. The van der Waals surface area contributed by atoms with E-state index in [2.05, 4.69) is 9.97 Å². The van der Waals surface area contributed by atoms with Crippen molar-refractivity contribution in [2.75, 3.05) is 0 Å². The lowest BCUT2D eigenvalue weighted by Gasteiger charge is -2.04. The van der Waals surface area contributed by atoms with Crippen LogP contribution in [-0.2, 0) is 0 Å². The van der Waals surface area contributed by atoms with E-state index in [1.54, 1.807) is 22.9 Å². The summed E-state index contributed by atoms with van der Waals surface area (Å²) < 4.78 is 1.70. The fourth-order valence-corrected chi connectivity index (χ4v) is 2.15. The largest absolute Gasteiger partial charge is 0.476 e. The van der Waals surface area contributed by atoms with E-state index in [4.69, 9.17) is 0 Å². The van der Waals surface area contributed by atoms with Crippen LogP contribution in [0.25, 0.3) is 17.0 Å². The van der Waals surface area contributed by atoms with Gasteiger partial charge in [-0.25, -0.2) is 14.8 Å². The van der Waals surface area contributed by atoms with Crippen LogP contribution in [0.2, 0.25) is 0 Å². The molecule has 0 unspecified atom stereocenters. The van der Waals surface area contributed by atoms with Crippen LogP contribution in [0.1, 0.15) is 21.6 Å². The summed E-state index contributed by atoms with van der Waals surface area (Å²) in [7, 11) is 0. The van der Waals surface area contributed by atoms with E-state index in [9.17, 15) is 9.90 Å². The summed E-state index contributed by atoms with van der Waals surface area (Å²) in [6, 6.07) is 7.70. The van der Waals surface area contributed by atoms with Gasteiger partial charge in [0, 0.05) is 18.0 Å². The van der Waals surface area contributed by atoms with Gasteiger partial charge in [-0.3, -0.25) is 4.40 Å². The van der Waals surface area contributed by atoms with Crippen molar-refractivity contribution in [3.8, 4) is 11.4 Å². The van der Waals surface area contributed by atoms with Gasteiger partial charge in [0.05, 0.1) is 0 Å². The lowest BCUT2D eigenvalue weighted by atomic mass is 10.1. The first kappa shape index (κ1) is 12.3. The highest BCUT2D eigenvalue weighted by molar-refractivity contribution is 5.93. The number of aryl methyl sites for hydroxylation is 2. The zero-order valence-corrected chi connectivity index (χ0v) is 11.2. The van der Waals surface area contributed by atoms with Gasteiger partial charge in [0.2, 0.25) is 0 Å². The van der Waals surface area contributed by atoms with Gasteiger partial charge >= 0.3 is 5.97 Å². The first-order valence-corrected chi connectivity index (χ1v) is 6.22. The van der Waals surface area contributed by atoms with Gasteiger partial charge in [-0.2, -0.15) is 0 Å². The van der Waals surface area contributed by atoms with Gasteiger partial charge in [0.25, 0.3) is 0 Å². The molecule has 1 N–H and O–H groups in total. The van der Waals surface area contributed by atoms with Crippen LogP contribution in [-0.4, -0.2) is 25.4 Å². The average molecular weight is 267 g/mol. The number of imidazole rings is 1. The molecule has 3 aromatic rings. The second-order valence-electron chi connectivity index (χ2n) is 4.70. The standard InChI is InChI=1S/C15H13N3O2/c1-9-4-5-11(8-10(9)2)13-17-12(15(19)20)14-16-6-3-7-18(13)14/h3-8H,1-2H3,(H,19,20). The van der Waals surface area contributed by atoms with Gasteiger partial charge < -0.3 is 5.11 Å². The van der Waals surface area contributed by atoms with Crippen molar-refractivity contribution >= 4 is 11.6 Å². The van der Waals surface area contributed by atoms with Crippen LogP contribution in [0.3, 0.4) is 0 Å². The molecule has 1 aromatic carbocycles. The number of aromatic carboxylic acids is 1. The number of rotatable bonds is 2. The lowest BCUT2D eigenvalue weighted by molar-refractivity contribution is 0.0693. The molecule has 5 heteroatoms. The summed E-state index contributed by atoms with van der Waals surface area (Å²) in [6.45, 7) is 4.05. The number of fused-ring (bicyclic) bond motifs is 1. The molecule has 0 aliphatic heterocycles. The predicted octanol–water partition coefficient (Wildman–Crippen LogP) is 2.71. The second-order valence-corrected chi connectivity index (χ2v) is 4.70. The minimum Gasteiger partial charge on any atom is -0.476 e. The fraction of sp³-hybridized carbons (Fsp3) is 0.133. The molecule has 2 aromatic heterocycles. The highest BCUT2D eigenvalue weighted by Crippen LogP contribution is 2.23. The Morgan fingerprint density at radius 2 is 2.05 bits per heavy atom. The third-order valence-corrected chi connectivity index (χ3v) is 3.37. The maximum absolute atomic E-state index is 11.3. The molecule has 2 heterocycles. The topological polar surface area (TPSA) is 67.5 Å². The van der Waals surface area contributed by atoms with Crippen LogP contribution in [0.5, 0.6) is 0 Å². The summed E-state index contributed by atoms with van der Waals surface area (Å²) in [4.78, 5) is 19.6. The Morgan fingerprint density at radius 1 is 1.25 bits per heavy atom. The van der Waals surface area contributed by atoms with Crippen molar-refractivity contribution in [3.05, 3.63) is 53.5 Å². The molecule has 0 aliphatic carbocycles. The minimum atomic E-state index is -1.07. The molecule has 5 nitrogen and oxygen atoms in total. The Balaban J connectivity index is 2.31. The molecule has 0 amide bonds. The Kier molecular flexibility index (Phi) is 2.75. The molecular formula is C15H13N3O2. The monoisotopic (exact) mass is 267 g/mol. The van der Waals surface area contributed by atoms with Gasteiger partial charge in [0.1, 0.15) is 5.82 Å². The maximum atomic E-state index is 11.3. The highest BCUT2D eigenvalue weighted by atomic mass is 16.4. The molecule has 0 saturated heterocycles. The number of hydrogen-bond acceptors (Lipinski definition) is 3. The van der Waals surface area contributed by atoms with Gasteiger partial charge in [-0.05, 0) is 37.1 Å². The number of carboxylic acid groups (broad SMARTS) is 1. The molecule has 0 aliphatic rings. The first-order valence-electron chi connectivity index (χ1n) is 6.22. The highest BCUT2D eigenvalue weighted by Gasteiger charge is 2.18. The smallest absolute Gasteiger partial charge is 0.358 e. The molecule has 0 bridgehead atoms. The Morgan fingerprint density at radius 3 is 2.75 bits per heavy atom. The van der Waals surface area contributed by atoms with E-state index in [0.717, 1.165) is 11.1 Å². The van der Waals surface area contributed by atoms with Crippen LogP contribution >= 0.6 is 0 Å². The van der Waals surface area contributed by atoms with E-state index in [0.29, 0.717) is 11.5 Å². The molecule has 100 valence electrons. The Labute approximate surface area is 115 Å². The third-order valence-electron chi connectivity index (χ3n) is 3.37. The SMILES string of the molecule is Cc1ccc(-c2nc(C(=O)O)c3ncccn23)cc1C. The van der Waals surface area contributed by atoms with Crippen LogP contribution in [0.15, 0.2) is 36.7 Å². The summed E-state index contributed by atoms with van der Waals surface area (Å²) in [5.74, 6) is -0.482. The number of carbonyl (C=O) groups is 1. The summed E-state index contributed by atoms with van der Waals surface area (Å²) in [5, 5.41) is 9.23. The molecule has 0 radical (unpaired) electrons. The van der Waals surface area contributed by atoms with Gasteiger partial charge in [0.15, 0.2) is 11.3 Å². The van der Waals surface area contributed by atoms with Crippen molar-refractivity contribution in [1.29, 1.82) is 0 Å². The number of carboxylic acids is 1. The third kappa shape index (κ3) is 1.84. The summed E-state index contributed by atoms with van der Waals surface area (Å²) in [6.07, 6.45) is 3.33. The first-order chi connectivity index (χ1) is 9.58. The van der Waals surface area contributed by atoms with Crippen molar-refractivity contribution < 1.29 is 9.90 Å². The zero-order chi connectivity index (χ0) is 14.3. The zero-order valence-electron chi connectivity index (χ0n) is 11.2. The van der Waals surface area contributed by atoms with Crippen molar-refractivity contribution in [3.63, 3.8) is 0 Å². The molecule has 0 saturated carbocycles. The molecule has 0 fully saturated rings. The van der Waals surface area contributed by atoms with Crippen LogP contribution in [0, 0.1) is 13.8 Å². The number of hydrogen-bond donors (Lipinski definition) is 1. The van der Waals surface area contributed by atoms with Crippen LogP contribution in [0.4, 0.5) is 0 Å². The minimum absolute atomic E-state index is 0.0289. The van der Waals surface area contributed by atoms with E-state index in [1.807, 2.05) is 32.0 Å². The van der Waals surface area contributed by atoms with Crippen LogP contribution < -0.4 is 0 Å². The van der Waals surface area contributed by atoms with Crippen molar-refractivity contribution in [1.82, 2.24) is 14.4 Å². The number of nitrogens with zero attached hydrogens (tertiary/aromatic N) is 3. The number of aromatic nitrogens is 3. The molecule has 20 heavy (non-hydrogen) atoms. The van der Waals surface area contributed by atoms with Crippen molar-refractivity contribution in [2.24, 2.45) is 0 Å². The summed E-state index contributed by atoms with van der Waals surface area (Å²) in [5.41, 5.74) is 3.53. The van der Waals surface area contributed by atoms with E-state index in [-0.39, 0.29) is 5.69 Å². The second kappa shape index (κ2) is 4.45. The van der Waals surface area contributed by atoms with E-state index < -0.39 is 5.97 Å². The molecular weight excluding hydrogens is 254 g/mol. The summed E-state index contributed by atoms with van der Waals surface area (Å²) >= 11 is 0. The number of benzene rings is 1. The van der Waals surface area contributed by atoms with Gasteiger partial charge in [-0.15, -0.1) is 0 Å². The lowest BCUT2D eigenvalue weighted by Crippen LogP contribution is -1.98. The quantitative estimate of drug-likeness (QED) is 0.775. The Bertz CT molecular complexity index is 821. The maximum Gasteiger partial charge on any atom is 0.358 e. The predicted molar refractivity (Wildman–Crippen MR) is 74.9 cm³/mol. The molecule has 3 rings (SSSR count). The van der Waals surface area contributed by atoms with Gasteiger partial charge in [-0.1, -0.05) is 12.1 Å². The normalized spacial score (nSPS) is 10.9. The van der Waals surface area contributed by atoms with Crippen molar-refractivity contribution in [2.45, 2.75) is 13.8 Å². The Hall–Kier alpha value is -2.69. The molecule has 0 atom stereocenters. The van der Waals surface area contributed by atoms with E-state index in [1.165, 1.54) is 5.56 Å². The fourth-order valence-electron chi connectivity index (χ4n) is 2.15. The molecule has 0 spiro atoms. The van der Waals surface area contributed by atoms with E-state index >= 15 is 0 Å².